The lowest BCUT2D eigenvalue weighted by Gasteiger charge is -2.25. The van der Waals surface area contributed by atoms with Gasteiger partial charge < -0.3 is 5.32 Å². The lowest BCUT2D eigenvalue weighted by molar-refractivity contribution is 0.490. The molecule has 21 heavy (non-hydrogen) atoms. The summed E-state index contributed by atoms with van der Waals surface area (Å²) >= 11 is 2.10. The quantitative estimate of drug-likeness (QED) is 0.911. The number of para-hydroxylation sites is 1. The first-order chi connectivity index (χ1) is 10.2. The average molecular weight is 301 g/mol. The molecule has 1 aliphatic heterocycles. The van der Waals surface area contributed by atoms with Crippen LogP contribution >= 0.6 is 11.8 Å². The van der Waals surface area contributed by atoms with Gasteiger partial charge in [-0.05, 0) is 44.6 Å². The van der Waals surface area contributed by atoms with Crippen LogP contribution in [0.2, 0.25) is 0 Å². The average Bonchev–Trinajstić information content (AvgIpc) is 3.16. The van der Waals surface area contributed by atoms with Crippen molar-refractivity contribution < 1.29 is 0 Å². The number of benzene rings is 1. The molecule has 1 aromatic heterocycles. The highest BCUT2D eigenvalue weighted by atomic mass is 32.2. The first kappa shape index (κ1) is 14.7. The van der Waals surface area contributed by atoms with Crippen LogP contribution in [0.4, 0.5) is 0 Å². The summed E-state index contributed by atoms with van der Waals surface area (Å²) < 4.78 is 2.35. The number of nitrogens with one attached hydrogen (secondary N) is 1. The summed E-state index contributed by atoms with van der Waals surface area (Å²) in [5.74, 6) is 1.30. The lowest BCUT2D eigenvalue weighted by atomic mass is 10.0. The minimum atomic E-state index is 0.334. The van der Waals surface area contributed by atoms with Gasteiger partial charge in [-0.3, -0.25) is 0 Å². The van der Waals surface area contributed by atoms with Crippen LogP contribution in [0, 0.1) is 0 Å². The van der Waals surface area contributed by atoms with E-state index in [9.17, 15) is 0 Å². The lowest BCUT2D eigenvalue weighted by Crippen LogP contribution is -2.34. The Morgan fingerprint density at radius 3 is 2.90 bits per heavy atom. The topological polar surface area (TPSA) is 29.9 Å². The van der Waals surface area contributed by atoms with E-state index in [1.807, 2.05) is 29.1 Å². The van der Waals surface area contributed by atoms with Gasteiger partial charge >= 0.3 is 0 Å². The zero-order valence-corrected chi connectivity index (χ0v) is 13.6. The molecule has 1 saturated heterocycles. The van der Waals surface area contributed by atoms with Crippen LogP contribution in [0.25, 0.3) is 5.69 Å². The summed E-state index contributed by atoms with van der Waals surface area (Å²) in [5, 5.41) is 8.15. The molecule has 0 aliphatic carbocycles. The van der Waals surface area contributed by atoms with Crippen LogP contribution in [0.15, 0.2) is 42.7 Å². The van der Waals surface area contributed by atoms with Crippen LogP contribution in [-0.4, -0.2) is 26.8 Å². The monoisotopic (exact) mass is 301 g/mol. The minimum absolute atomic E-state index is 0.334. The molecule has 1 N–H and O–H groups in total. The van der Waals surface area contributed by atoms with Gasteiger partial charge in [0.2, 0.25) is 0 Å². The molecule has 2 aromatic rings. The normalized spacial score (nSPS) is 23.3. The standard InChI is InChI=1S/C17H23N3S/c1-14(18-13-17(2)9-6-10-21-17)15-11-19-20(12-15)16-7-4-3-5-8-16/h3-5,7-8,11-12,14,18H,6,9-10,13H2,1-2H3. The van der Waals surface area contributed by atoms with Crippen molar-refractivity contribution in [3.63, 3.8) is 0 Å². The minimum Gasteiger partial charge on any atom is -0.309 e. The third kappa shape index (κ3) is 3.50. The number of thioether (sulfide) groups is 1. The van der Waals surface area contributed by atoms with E-state index in [1.54, 1.807) is 0 Å². The fourth-order valence-corrected chi connectivity index (χ4v) is 4.00. The highest BCUT2D eigenvalue weighted by Crippen LogP contribution is 2.37. The Kier molecular flexibility index (Phi) is 4.36. The molecule has 2 unspecified atom stereocenters. The zero-order valence-electron chi connectivity index (χ0n) is 12.7. The number of aromatic nitrogens is 2. The molecule has 0 bridgehead atoms. The highest BCUT2D eigenvalue weighted by Gasteiger charge is 2.29. The second-order valence-electron chi connectivity index (χ2n) is 6.06. The first-order valence-corrected chi connectivity index (χ1v) is 8.62. The Bertz CT molecular complexity index is 573. The van der Waals surface area contributed by atoms with E-state index in [1.165, 1.54) is 24.2 Å². The van der Waals surface area contributed by atoms with Gasteiger partial charge in [0.25, 0.3) is 0 Å². The van der Waals surface area contributed by atoms with Gasteiger partial charge in [-0.15, -0.1) is 0 Å². The predicted octanol–water partition coefficient (Wildman–Crippen LogP) is 3.81. The molecule has 3 rings (SSSR count). The van der Waals surface area contributed by atoms with Crippen molar-refractivity contribution in [2.24, 2.45) is 0 Å². The van der Waals surface area contributed by atoms with Gasteiger partial charge in [-0.25, -0.2) is 4.68 Å². The molecule has 4 heteroatoms. The molecule has 0 spiro atoms. The van der Waals surface area contributed by atoms with Gasteiger partial charge in [-0.1, -0.05) is 18.2 Å². The van der Waals surface area contributed by atoms with Crippen molar-refractivity contribution in [1.29, 1.82) is 0 Å². The Morgan fingerprint density at radius 2 is 2.19 bits per heavy atom. The molecular formula is C17H23N3S. The smallest absolute Gasteiger partial charge is 0.0645 e. The second kappa shape index (κ2) is 6.24. The van der Waals surface area contributed by atoms with Gasteiger partial charge in [0.05, 0.1) is 11.9 Å². The first-order valence-electron chi connectivity index (χ1n) is 7.64. The molecule has 1 fully saturated rings. The molecule has 2 heterocycles. The van der Waals surface area contributed by atoms with Crippen molar-refractivity contribution in [3.8, 4) is 5.69 Å². The number of hydrogen-bond donors (Lipinski definition) is 1. The summed E-state index contributed by atoms with van der Waals surface area (Å²) in [4.78, 5) is 0. The van der Waals surface area contributed by atoms with Crippen LogP contribution in [-0.2, 0) is 0 Å². The molecule has 0 amide bonds. The zero-order chi connectivity index (χ0) is 14.7. The summed E-state index contributed by atoms with van der Waals surface area (Å²) in [5.41, 5.74) is 2.35. The summed E-state index contributed by atoms with van der Waals surface area (Å²) in [6, 6.07) is 10.6. The van der Waals surface area contributed by atoms with Gasteiger partial charge in [0.15, 0.2) is 0 Å². The third-order valence-corrected chi connectivity index (χ3v) is 5.74. The van der Waals surface area contributed by atoms with Crippen molar-refractivity contribution in [1.82, 2.24) is 15.1 Å². The van der Waals surface area contributed by atoms with Crippen LogP contribution in [0.1, 0.15) is 38.3 Å². The van der Waals surface area contributed by atoms with E-state index in [0.717, 1.165) is 12.2 Å². The largest absolute Gasteiger partial charge is 0.309 e. The molecule has 1 aliphatic rings. The Hall–Kier alpha value is -1.26. The summed E-state index contributed by atoms with van der Waals surface area (Å²) in [6.07, 6.45) is 6.76. The molecule has 112 valence electrons. The van der Waals surface area contributed by atoms with Crippen molar-refractivity contribution in [3.05, 3.63) is 48.3 Å². The molecule has 2 atom stereocenters. The van der Waals surface area contributed by atoms with E-state index < -0.39 is 0 Å². The fourth-order valence-electron chi connectivity index (χ4n) is 2.75. The van der Waals surface area contributed by atoms with E-state index in [2.05, 4.69) is 54.4 Å². The van der Waals surface area contributed by atoms with Gasteiger partial charge in [0.1, 0.15) is 0 Å². The van der Waals surface area contributed by atoms with Crippen molar-refractivity contribution >= 4 is 11.8 Å². The third-order valence-electron chi connectivity index (χ3n) is 4.21. The van der Waals surface area contributed by atoms with E-state index in [4.69, 9.17) is 0 Å². The van der Waals surface area contributed by atoms with E-state index in [-0.39, 0.29) is 0 Å². The molecular weight excluding hydrogens is 278 g/mol. The van der Waals surface area contributed by atoms with Gasteiger partial charge in [-0.2, -0.15) is 16.9 Å². The maximum atomic E-state index is 4.48. The fraction of sp³-hybridized carbons (Fsp3) is 0.471. The highest BCUT2D eigenvalue weighted by molar-refractivity contribution is 8.00. The summed E-state index contributed by atoms with van der Waals surface area (Å²) in [7, 11) is 0. The predicted molar refractivity (Wildman–Crippen MR) is 90.1 cm³/mol. The SMILES string of the molecule is CC(NCC1(C)CCCS1)c1cnn(-c2ccccc2)c1. The van der Waals surface area contributed by atoms with Crippen molar-refractivity contribution in [2.45, 2.75) is 37.5 Å². The second-order valence-corrected chi connectivity index (χ2v) is 7.74. The van der Waals surface area contributed by atoms with Crippen molar-refractivity contribution in [2.75, 3.05) is 12.3 Å². The van der Waals surface area contributed by atoms with E-state index in [0.29, 0.717) is 10.8 Å². The molecule has 0 saturated carbocycles. The van der Waals surface area contributed by atoms with Gasteiger partial charge in [0, 0.05) is 29.1 Å². The maximum absolute atomic E-state index is 4.48. The van der Waals surface area contributed by atoms with Crippen LogP contribution < -0.4 is 5.32 Å². The Morgan fingerprint density at radius 1 is 1.38 bits per heavy atom. The Labute approximate surface area is 131 Å². The Balaban J connectivity index is 1.63. The number of nitrogens with zero attached hydrogens (tertiary/aromatic N) is 2. The number of rotatable bonds is 5. The number of hydrogen-bond acceptors (Lipinski definition) is 3. The molecule has 0 radical (unpaired) electrons. The van der Waals surface area contributed by atoms with E-state index >= 15 is 0 Å². The maximum Gasteiger partial charge on any atom is 0.0645 e. The van der Waals surface area contributed by atoms with Crippen LogP contribution in [0.5, 0.6) is 0 Å². The van der Waals surface area contributed by atoms with Crippen LogP contribution in [0.3, 0.4) is 0 Å². The molecule has 3 nitrogen and oxygen atoms in total. The summed E-state index contributed by atoms with van der Waals surface area (Å²) in [6.45, 7) is 5.66. The molecule has 1 aromatic carbocycles.